The van der Waals surface area contributed by atoms with Crippen LogP contribution in [0, 0.1) is 105 Å². The first-order valence-corrected chi connectivity index (χ1v) is 25.6. The Balaban J connectivity index is 1.23. The molecule has 0 aliphatic heterocycles. The fraction of sp³-hybridized carbons (Fsp3) is 0.123. The van der Waals surface area contributed by atoms with Gasteiger partial charge in [-0.25, -0.2) is 0 Å². The average molecular weight is 928 g/mol. The molecule has 0 aliphatic carbocycles. The van der Waals surface area contributed by atoms with Gasteiger partial charge in [-0.3, -0.25) is 0 Å². The zero-order valence-corrected chi connectivity index (χ0v) is 41.1. The zero-order chi connectivity index (χ0) is 50.1. The number of benzene rings is 7. The Hall–Kier alpha value is -9.65. The van der Waals surface area contributed by atoms with Crippen LogP contribution in [-0.4, -0.2) is 21.5 Å². The van der Waals surface area contributed by atoms with Crippen molar-refractivity contribution in [1.82, 2.24) is 0 Å². The molecule has 0 radical (unpaired) electrons. The second kappa shape index (κ2) is 23.4. The maximum absolute atomic E-state index is 9.13. The van der Waals surface area contributed by atoms with Gasteiger partial charge in [-0.15, -0.1) is 0 Å². The smallest absolute Gasteiger partial charge is 0.192 e. The Bertz CT molecular complexity index is 3450. The van der Waals surface area contributed by atoms with Crippen LogP contribution in [-0.2, 0) is 4.43 Å². The number of hydrogen-bond donors (Lipinski definition) is 0. The number of nitriles is 3. The first kappa shape index (κ1) is 49.3. The quantitative estimate of drug-likeness (QED) is 0.0974. The number of nitrogens with zero attached hydrogens (tertiary/aromatic N) is 3. The summed E-state index contributed by atoms with van der Waals surface area (Å²) in [7, 11) is -2.05. The highest BCUT2D eigenvalue weighted by molar-refractivity contribution is 6.74. The Morgan fingerprint density at radius 2 is 0.563 bits per heavy atom. The van der Waals surface area contributed by atoms with E-state index in [-0.39, 0.29) is 5.04 Å². The largest absolute Gasteiger partial charge is 0.489 e. The molecule has 0 fully saturated rings. The molecule has 0 atom stereocenters. The Morgan fingerprint density at radius 3 is 0.803 bits per heavy atom. The molecule has 5 nitrogen and oxygen atoms in total. The van der Waals surface area contributed by atoms with Crippen molar-refractivity contribution >= 4 is 8.32 Å². The molecule has 336 valence electrons. The fourth-order valence-corrected chi connectivity index (χ4v) is 7.38. The van der Waals surface area contributed by atoms with Crippen molar-refractivity contribution in [2.24, 2.45) is 0 Å². The summed E-state index contributed by atoms with van der Waals surface area (Å²) in [6.07, 6.45) is 0. The van der Waals surface area contributed by atoms with Crippen LogP contribution in [0.15, 0.2) is 158 Å². The van der Waals surface area contributed by atoms with E-state index in [1.54, 1.807) is 36.4 Å². The average Bonchev–Trinajstić information content (AvgIpc) is 3.39. The maximum Gasteiger partial charge on any atom is 0.192 e. The third kappa shape index (κ3) is 14.4. The number of ether oxygens (including phenoxy) is 1. The van der Waals surface area contributed by atoms with Gasteiger partial charge < -0.3 is 9.16 Å². The standard InChI is InChI=1S/C65H45N3O2Si/c1-65(2,3)71(4,5)70-43-42-69-64-62(40-38-56-20-16-50(17-21-56)9-14-54-26-33-59(47-67)34-27-54)44-61(37-30-52-11-6-49(7-12-52)8-13-53-24-31-58(46-66)32-25-53)45-63(64)41-39-57-22-18-51(19-23-57)10-15-55-28-35-60(48-68)36-29-55/h6-7,11-12,16-29,31-36,44-45H,42-43H2,1-5H3. The normalized spacial score (nSPS) is 10.1. The second-order valence-electron chi connectivity index (χ2n) is 17.7. The van der Waals surface area contributed by atoms with E-state index in [1.165, 1.54) is 0 Å². The third-order valence-corrected chi connectivity index (χ3v) is 16.0. The lowest BCUT2D eigenvalue weighted by Gasteiger charge is -2.36. The first-order chi connectivity index (χ1) is 34.4. The Labute approximate surface area is 419 Å². The molecule has 0 spiro atoms. The van der Waals surface area contributed by atoms with Crippen LogP contribution < -0.4 is 4.74 Å². The Morgan fingerprint density at radius 1 is 0.338 bits per heavy atom. The molecule has 7 rings (SSSR count). The summed E-state index contributed by atoms with van der Waals surface area (Å²) in [6, 6.07) is 55.0. The molecule has 0 aromatic heterocycles. The SMILES string of the molecule is CC(C)(C)[Si](C)(C)OCCOc1c(C#Cc2ccc(C#Cc3ccc(C#N)cc3)cc2)cc(C#Cc2ccc(C#Cc3ccc(C#N)cc3)cc2)cc1C#Cc1ccc(C#Cc2ccc(C#N)cc2)cc1. The highest BCUT2D eigenvalue weighted by atomic mass is 28.4. The van der Waals surface area contributed by atoms with Crippen LogP contribution in [0.5, 0.6) is 5.75 Å². The van der Waals surface area contributed by atoms with Gasteiger partial charge in [0.05, 0.1) is 52.6 Å². The van der Waals surface area contributed by atoms with Gasteiger partial charge in [0.2, 0.25) is 0 Å². The predicted molar refractivity (Wildman–Crippen MR) is 284 cm³/mol. The van der Waals surface area contributed by atoms with Crippen molar-refractivity contribution in [3.8, 4) is 95.0 Å². The second-order valence-corrected chi connectivity index (χ2v) is 22.5. The lowest BCUT2D eigenvalue weighted by atomic mass is 10.0. The van der Waals surface area contributed by atoms with Gasteiger partial charge in [0, 0.05) is 55.6 Å². The minimum Gasteiger partial charge on any atom is -0.489 e. The van der Waals surface area contributed by atoms with Gasteiger partial charge in [0.1, 0.15) is 6.61 Å². The van der Waals surface area contributed by atoms with E-state index in [2.05, 4.69) is 123 Å². The molecule has 0 saturated carbocycles. The molecule has 71 heavy (non-hydrogen) atoms. The summed E-state index contributed by atoms with van der Waals surface area (Å²) in [4.78, 5) is 0. The van der Waals surface area contributed by atoms with Gasteiger partial charge in [0.15, 0.2) is 14.1 Å². The molecular formula is C65H45N3O2Si. The molecule has 7 aromatic carbocycles. The van der Waals surface area contributed by atoms with Gasteiger partial charge in [0.25, 0.3) is 0 Å². The van der Waals surface area contributed by atoms with Crippen LogP contribution in [0.2, 0.25) is 18.1 Å². The van der Waals surface area contributed by atoms with E-state index in [4.69, 9.17) is 24.9 Å². The molecule has 0 heterocycles. The van der Waals surface area contributed by atoms with Crippen LogP contribution >= 0.6 is 0 Å². The van der Waals surface area contributed by atoms with Gasteiger partial charge in [-0.05, 0) is 176 Å². The number of rotatable bonds is 5. The lowest BCUT2D eigenvalue weighted by Crippen LogP contribution is -2.41. The zero-order valence-electron chi connectivity index (χ0n) is 40.1. The highest BCUT2D eigenvalue weighted by Crippen LogP contribution is 2.36. The molecule has 0 saturated heterocycles. The summed E-state index contributed by atoms with van der Waals surface area (Å²) < 4.78 is 13.1. The molecule has 0 aliphatic rings. The summed E-state index contributed by atoms with van der Waals surface area (Å²) in [6.45, 7) is 11.8. The summed E-state index contributed by atoms with van der Waals surface area (Å²) >= 11 is 0. The van der Waals surface area contributed by atoms with Crippen LogP contribution in [0.3, 0.4) is 0 Å². The minimum absolute atomic E-state index is 0.0377. The van der Waals surface area contributed by atoms with Gasteiger partial charge >= 0.3 is 0 Å². The van der Waals surface area contributed by atoms with E-state index in [1.807, 2.05) is 121 Å². The van der Waals surface area contributed by atoms with Crippen LogP contribution in [0.4, 0.5) is 0 Å². The molecule has 0 bridgehead atoms. The fourth-order valence-electron chi connectivity index (χ4n) is 6.35. The van der Waals surface area contributed by atoms with E-state index in [9.17, 15) is 0 Å². The summed E-state index contributed by atoms with van der Waals surface area (Å²) in [5.74, 6) is 39.7. The molecule has 0 amide bonds. The molecule has 0 N–H and O–H groups in total. The Kier molecular flexibility index (Phi) is 16.2. The molecule has 0 unspecified atom stereocenters. The number of hydrogen-bond acceptors (Lipinski definition) is 5. The highest BCUT2D eigenvalue weighted by Gasteiger charge is 2.37. The monoisotopic (exact) mass is 927 g/mol. The van der Waals surface area contributed by atoms with Crippen molar-refractivity contribution in [3.05, 3.63) is 241 Å². The van der Waals surface area contributed by atoms with E-state index in [0.717, 1.165) is 50.1 Å². The van der Waals surface area contributed by atoms with Crippen molar-refractivity contribution in [2.75, 3.05) is 13.2 Å². The van der Waals surface area contributed by atoms with Crippen molar-refractivity contribution in [1.29, 1.82) is 15.8 Å². The molecule has 7 aromatic rings. The van der Waals surface area contributed by atoms with Crippen LogP contribution in [0.1, 0.15) is 104 Å². The van der Waals surface area contributed by atoms with Crippen molar-refractivity contribution < 1.29 is 9.16 Å². The predicted octanol–water partition coefficient (Wildman–Crippen LogP) is 12.1. The van der Waals surface area contributed by atoms with Crippen LogP contribution in [0.25, 0.3) is 0 Å². The third-order valence-electron chi connectivity index (χ3n) is 11.5. The lowest BCUT2D eigenvalue weighted by molar-refractivity contribution is 0.203. The van der Waals surface area contributed by atoms with E-state index in [0.29, 0.717) is 52.3 Å². The topological polar surface area (TPSA) is 89.8 Å². The minimum atomic E-state index is -2.05. The molecular weight excluding hydrogens is 883 g/mol. The molecule has 6 heteroatoms. The van der Waals surface area contributed by atoms with Gasteiger partial charge in [-0.2, -0.15) is 15.8 Å². The van der Waals surface area contributed by atoms with E-state index >= 15 is 0 Å². The summed E-state index contributed by atoms with van der Waals surface area (Å²) in [5.41, 5.74) is 11.1. The summed E-state index contributed by atoms with van der Waals surface area (Å²) in [5, 5.41) is 27.4. The van der Waals surface area contributed by atoms with E-state index < -0.39 is 8.32 Å². The van der Waals surface area contributed by atoms with Crippen molar-refractivity contribution in [2.45, 2.75) is 38.9 Å². The van der Waals surface area contributed by atoms with Crippen molar-refractivity contribution in [3.63, 3.8) is 0 Å². The first-order valence-electron chi connectivity index (χ1n) is 22.7. The van der Waals surface area contributed by atoms with Gasteiger partial charge in [-0.1, -0.05) is 91.8 Å². The maximum atomic E-state index is 9.13.